The Balaban J connectivity index is 2.14. The van der Waals surface area contributed by atoms with Gasteiger partial charge in [-0.1, -0.05) is 33.6 Å². The third-order valence-electron chi connectivity index (χ3n) is 3.96. The van der Waals surface area contributed by atoms with Crippen molar-refractivity contribution in [2.75, 3.05) is 6.54 Å². The van der Waals surface area contributed by atoms with Crippen LogP contribution in [0.15, 0.2) is 12.4 Å². The molecule has 0 radical (unpaired) electrons. The normalized spacial score (nSPS) is 24.7. The quantitative estimate of drug-likeness (QED) is 0.865. The molecule has 2 atom stereocenters. The molecule has 2 rings (SSSR count). The lowest BCUT2D eigenvalue weighted by Gasteiger charge is -2.34. The van der Waals surface area contributed by atoms with E-state index < -0.39 is 0 Å². The fraction of sp³-hybridized carbons (Fsp3) is 0.800. The van der Waals surface area contributed by atoms with E-state index in [0.717, 1.165) is 6.54 Å². The topological polar surface area (TPSA) is 29.9 Å². The predicted octanol–water partition coefficient (Wildman–Crippen LogP) is 3.49. The van der Waals surface area contributed by atoms with Crippen molar-refractivity contribution in [1.82, 2.24) is 14.9 Å². The van der Waals surface area contributed by atoms with Crippen molar-refractivity contribution in [2.45, 2.75) is 70.9 Å². The summed E-state index contributed by atoms with van der Waals surface area (Å²) in [6.07, 6.45) is 10.7. The van der Waals surface area contributed by atoms with Crippen LogP contribution >= 0.6 is 0 Å². The number of hydrogen-bond acceptors (Lipinski definition) is 2. The minimum absolute atomic E-state index is 0.508. The molecule has 1 aromatic heterocycles. The Hall–Kier alpha value is -0.830. The van der Waals surface area contributed by atoms with E-state index in [9.17, 15) is 0 Å². The molecular weight excluding hydrogens is 222 g/mol. The zero-order chi connectivity index (χ0) is 13.0. The summed E-state index contributed by atoms with van der Waals surface area (Å²) in [6, 6.07) is 1.23. The van der Waals surface area contributed by atoms with Gasteiger partial charge in [-0.3, -0.25) is 0 Å². The van der Waals surface area contributed by atoms with E-state index in [1.165, 1.54) is 37.9 Å². The maximum atomic E-state index is 4.54. The minimum atomic E-state index is 0.508. The fourth-order valence-electron chi connectivity index (χ4n) is 3.06. The van der Waals surface area contributed by atoms with E-state index in [1.807, 2.05) is 6.20 Å². The lowest BCUT2D eigenvalue weighted by atomic mass is 9.89. The second-order valence-electron chi connectivity index (χ2n) is 5.76. The molecule has 0 aromatic carbocycles. The molecular formula is C15H27N3. The molecule has 1 aliphatic carbocycles. The van der Waals surface area contributed by atoms with Gasteiger partial charge in [-0.25, -0.2) is 4.98 Å². The van der Waals surface area contributed by atoms with Crippen LogP contribution in [0.4, 0.5) is 0 Å². The van der Waals surface area contributed by atoms with Crippen molar-refractivity contribution in [3.63, 3.8) is 0 Å². The number of aromatic nitrogens is 2. The van der Waals surface area contributed by atoms with Gasteiger partial charge in [0.05, 0.1) is 6.04 Å². The highest BCUT2D eigenvalue weighted by atomic mass is 15.1. The summed E-state index contributed by atoms with van der Waals surface area (Å²) in [4.78, 5) is 4.54. The van der Waals surface area contributed by atoms with Crippen LogP contribution in [0.5, 0.6) is 0 Å². The van der Waals surface area contributed by atoms with Crippen molar-refractivity contribution in [3.05, 3.63) is 18.2 Å². The van der Waals surface area contributed by atoms with Crippen LogP contribution < -0.4 is 5.32 Å². The van der Waals surface area contributed by atoms with Crippen molar-refractivity contribution in [2.24, 2.45) is 0 Å². The number of imidazole rings is 1. The maximum Gasteiger partial charge on any atom is 0.111 e. The van der Waals surface area contributed by atoms with Crippen molar-refractivity contribution in [1.29, 1.82) is 0 Å². The van der Waals surface area contributed by atoms with Gasteiger partial charge in [0, 0.05) is 24.4 Å². The highest BCUT2D eigenvalue weighted by Crippen LogP contribution is 2.31. The molecule has 1 fully saturated rings. The van der Waals surface area contributed by atoms with Crippen LogP contribution in [0.1, 0.15) is 70.7 Å². The average molecular weight is 249 g/mol. The summed E-state index contributed by atoms with van der Waals surface area (Å²) in [5.74, 6) is 1.75. The zero-order valence-electron chi connectivity index (χ0n) is 12.0. The van der Waals surface area contributed by atoms with Crippen molar-refractivity contribution < 1.29 is 0 Å². The van der Waals surface area contributed by atoms with Crippen LogP contribution in [0, 0.1) is 0 Å². The zero-order valence-corrected chi connectivity index (χ0v) is 12.0. The minimum Gasteiger partial charge on any atom is -0.330 e. The second kappa shape index (κ2) is 6.37. The molecule has 1 saturated carbocycles. The summed E-state index contributed by atoms with van der Waals surface area (Å²) < 4.78 is 2.43. The van der Waals surface area contributed by atoms with E-state index in [2.05, 4.69) is 41.8 Å². The van der Waals surface area contributed by atoms with E-state index in [1.54, 1.807) is 0 Å². The number of nitrogens with one attached hydrogen (secondary N) is 1. The molecule has 0 saturated heterocycles. The highest BCUT2D eigenvalue weighted by Gasteiger charge is 2.27. The molecule has 18 heavy (non-hydrogen) atoms. The number of rotatable bonds is 5. The maximum absolute atomic E-state index is 4.54. The average Bonchev–Trinajstić information content (AvgIpc) is 2.86. The summed E-state index contributed by atoms with van der Waals surface area (Å²) in [5.41, 5.74) is 0. The smallest absolute Gasteiger partial charge is 0.111 e. The Bertz CT molecular complexity index is 356. The van der Waals surface area contributed by atoms with Gasteiger partial charge < -0.3 is 9.88 Å². The lowest BCUT2D eigenvalue weighted by Crippen LogP contribution is -2.40. The monoisotopic (exact) mass is 249 g/mol. The first-order valence-electron chi connectivity index (χ1n) is 7.50. The predicted molar refractivity (Wildman–Crippen MR) is 75.9 cm³/mol. The van der Waals surface area contributed by atoms with Gasteiger partial charge in [0.25, 0.3) is 0 Å². The first kappa shape index (κ1) is 13.6. The molecule has 0 bridgehead atoms. The molecule has 1 N–H and O–H groups in total. The van der Waals surface area contributed by atoms with Crippen LogP contribution in [0.3, 0.4) is 0 Å². The molecule has 102 valence electrons. The summed E-state index contributed by atoms with van der Waals surface area (Å²) in [6.45, 7) is 7.83. The summed E-state index contributed by atoms with van der Waals surface area (Å²) in [5, 5.41) is 3.73. The standard InChI is InChI=1S/C15H27N3/c1-4-9-16-13-7-5-6-8-14(13)18-11-10-17-15(18)12(2)3/h10-14,16H,4-9H2,1-3H3. The van der Waals surface area contributed by atoms with Gasteiger partial charge in [-0.15, -0.1) is 0 Å². The van der Waals surface area contributed by atoms with Gasteiger partial charge in [-0.05, 0) is 25.8 Å². The largest absolute Gasteiger partial charge is 0.330 e. The SMILES string of the molecule is CCCNC1CCCCC1n1ccnc1C(C)C. The van der Waals surface area contributed by atoms with E-state index in [-0.39, 0.29) is 0 Å². The lowest BCUT2D eigenvalue weighted by molar-refractivity contribution is 0.257. The number of nitrogens with zero attached hydrogens (tertiary/aromatic N) is 2. The molecule has 1 heterocycles. The molecule has 1 aromatic rings. The van der Waals surface area contributed by atoms with Crippen LogP contribution in [-0.2, 0) is 0 Å². The van der Waals surface area contributed by atoms with Gasteiger partial charge in [0.1, 0.15) is 5.82 Å². The van der Waals surface area contributed by atoms with Gasteiger partial charge in [0.2, 0.25) is 0 Å². The Morgan fingerprint density at radius 2 is 2.17 bits per heavy atom. The summed E-state index contributed by atoms with van der Waals surface area (Å²) >= 11 is 0. The molecule has 0 aliphatic heterocycles. The van der Waals surface area contributed by atoms with Crippen LogP contribution in [0.25, 0.3) is 0 Å². The van der Waals surface area contributed by atoms with Gasteiger partial charge >= 0.3 is 0 Å². The molecule has 0 amide bonds. The number of hydrogen-bond donors (Lipinski definition) is 1. The van der Waals surface area contributed by atoms with Gasteiger partial charge in [0.15, 0.2) is 0 Å². The fourth-order valence-corrected chi connectivity index (χ4v) is 3.06. The van der Waals surface area contributed by atoms with E-state index >= 15 is 0 Å². The molecule has 1 aliphatic rings. The van der Waals surface area contributed by atoms with Crippen molar-refractivity contribution >= 4 is 0 Å². The van der Waals surface area contributed by atoms with E-state index in [0.29, 0.717) is 18.0 Å². The Kier molecular flexibility index (Phi) is 4.81. The first-order chi connectivity index (χ1) is 8.74. The third kappa shape index (κ3) is 2.94. The van der Waals surface area contributed by atoms with E-state index in [4.69, 9.17) is 0 Å². The highest BCUT2D eigenvalue weighted by molar-refractivity contribution is 5.02. The third-order valence-corrected chi connectivity index (χ3v) is 3.96. The Morgan fingerprint density at radius 1 is 1.39 bits per heavy atom. The first-order valence-corrected chi connectivity index (χ1v) is 7.50. The van der Waals surface area contributed by atoms with Crippen LogP contribution in [-0.4, -0.2) is 22.1 Å². The van der Waals surface area contributed by atoms with Crippen LogP contribution in [0.2, 0.25) is 0 Å². The summed E-state index contributed by atoms with van der Waals surface area (Å²) in [7, 11) is 0. The molecule has 0 spiro atoms. The van der Waals surface area contributed by atoms with Crippen molar-refractivity contribution in [3.8, 4) is 0 Å². The Labute approximate surface area is 111 Å². The second-order valence-corrected chi connectivity index (χ2v) is 5.76. The molecule has 2 unspecified atom stereocenters. The molecule has 3 nitrogen and oxygen atoms in total. The van der Waals surface area contributed by atoms with Gasteiger partial charge in [-0.2, -0.15) is 0 Å². The Morgan fingerprint density at radius 3 is 2.89 bits per heavy atom. The molecule has 3 heteroatoms.